The number of alkyl halides is 1. The molecule has 0 fully saturated rings. The molecule has 1 aliphatic rings. The molecule has 0 aliphatic carbocycles. The van der Waals surface area contributed by atoms with Crippen molar-refractivity contribution in [2.45, 2.75) is 6.02 Å². The molecule has 0 saturated heterocycles. The van der Waals surface area contributed by atoms with Gasteiger partial charge in [0, 0.05) is 3.57 Å². The van der Waals surface area contributed by atoms with E-state index < -0.39 is 6.02 Å². The first-order valence-corrected chi connectivity index (χ1v) is 6.32. The number of hydroxylamine groups is 1. The maximum Gasteiger partial charge on any atom is 0.132 e. The molecule has 1 aliphatic heterocycles. The molecule has 1 aromatic rings. The lowest BCUT2D eigenvalue weighted by Crippen LogP contribution is -2.12. The summed E-state index contributed by atoms with van der Waals surface area (Å²) in [4.78, 5) is 5.18. The van der Waals surface area contributed by atoms with Gasteiger partial charge in [0.2, 0.25) is 0 Å². The van der Waals surface area contributed by atoms with Crippen LogP contribution in [0.4, 0.5) is 0 Å². The van der Waals surface area contributed by atoms with Crippen molar-refractivity contribution in [3.8, 4) is 0 Å². The molecule has 2 nitrogen and oxygen atoms in total. The molecule has 1 unspecified atom stereocenters. The van der Waals surface area contributed by atoms with Crippen LogP contribution in [0, 0.1) is 3.57 Å². The molecule has 0 saturated carbocycles. The van der Waals surface area contributed by atoms with E-state index in [1.54, 1.807) is 6.08 Å². The molecule has 0 radical (unpaired) electrons. The molecule has 0 amide bonds. The van der Waals surface area contributed by atoms with E-state index in [2.05, 4.69) is 44.0 Å². The number of rotatable bonds is 2. The van der Waals surface area contributed by atoms with E-state index in [9.17, 15) is 0 Å². The summed E-state index contributed by atoms with van der Waals surface area (Å²) in [6, 6.07) is 6.85. The second kappa shape index (κ2) is 4.63. The Balaban J connectivity index is 2.31. The largest absolute Gasteiger partial charge is 0.412 e. The van der Waals surface area contributed by atoms with E-state index in [-0.39, 0.29) is 0 Å². The molecule has 74 valence electrons. The number of allylic oxidation sites excluding steroid dienone is 1. The van der Waals surface area contributed by atoms with Gasteiger partial charge in [0.05, 0.1) is 12.7 Å². The number of hydrogen-bond acceptors (Lipinski definition) is 2. The zero-order chi connectivity index (χ0) is 10.9. The molecule has 1 heterocycles. The van der Waals surface area contributed by atoms with Crippen LogP contribution < -0.4 is 5.48 Å². The van der Waals surface area contributed by atoms with Crippen molar-refractivity contribution >= 4 is 38.5 Å². The first kappa shape index (κ1) is 9.18. The third kappa shape index (κ3) is 2.29. The van der Waals surface area contributed by atoms with Crippen molar-refractivity contribution in [2.24, 2.45) is 0 Å². The van der Waals surface area contributed by atoms with Gasteiger partial charge in [0.15, 0.2) is 0 Å². The van der Waals surface area contributed by atoms with Gasteiger partial charge < -0.3 is 4.84 Å². The summed E-state index contributed by atoms with van der Waals surface area (Å²) in [5.74, 6) is 0.739. The van der Waals surface area contributed by atoms with Gasteiger partial charge >= 0.3 is 0 Å². The van der Waals surface area contributed by atoms with Crippen molar-refractivity contribution in [3.05, 3.63) is 45.2 Å². The highest BCUT2D eigenvalue weighted by Crippen LogP contribution is 2.23. The monoisotopic (exact) mass is 366 g/mol. The van der Waals surface area contributed by atoms with Crippen LogP contribution >= 0.6 is 38.5 Å². The Morgan fingerprint density at radius 3 is 2.79 bits per heavy atom. The van der Waals surface area contributed by atoms with Crippen molar-refractivity contribution in [3.63, 3.8) is 0 Å². The Labute approximate surface area is 106 Å². The van der Waals surface area contributed by atoms with Gasteiger partial charge in [0.25, 0.3) is 0 Å². The number of halogens is 2. The molecule has 0 bridgehead atoms. The lowest BCUT2D eigenvalue weighted by Gasteiger charge is -2.07. The average molecular weight is 367 g/mol. The highest BCUT2D eigenvalue weighted by Gasteiger charge is 2.17. The molecular formula is C10H9BrINO. The Morgan fingerprint density at radius 2 is 2.21 bits per heavy atom. The predicted molar refractivity (Wildman–Crippen MR) is 68.0 cm³/mol. The summed E-state index contributed by atoms with van der Waals surface area (Å²) in [5, 5.41) is 0.616. The van der Waals surface area contributed by atoms with Crippen molar-refractivity contribution in [1.29, 1.82) is 0 Å². The van der Waals surface area contributed by atoms with Crippen LogP contribution in [0.25, 0.3) is 0 Å². The minimum atomic E-state index is -0.965. The van der Waals surface area contributed by atoms with Gasteiger partial charge in [-0.3, -0.25) is 0 Å². The second-order valence-corrected chi connectivity index (χ2v) is 4.68. The van der Waals surface area contributed by atoms with Gasteiger partial charge in [0.1, 0.15) is 5.76 Å². The van der Waals surface area contributed by atoms with Crippen LogP contribution in [0.15, 0.2) is 36.1 Å². The van der Waals surface area contributed by atoms with Gasteiger partial charge in [-0.15, -0.1) is 5.48 Å². The minimum Gasteiger partial charge on any atom is -0.412 e. The highest BCUT2D eigenvalue weighted by atomic mass is 127. The quantitative estimate of drug-likeness (QED) is 0.641. The maximum atomic E-state index is 8.19. The average Bonchev–Trinajstić information content (AvgIpc) is 2.62. The molecule has 0 spiro atoms. The van der Waals surface area contributed by atoms with Crippen LogP contribution in [0.1, 0.15) is 13.0 Å². The summed E-state index contributed by atoms with van der Waals surface area (Å²) in [6.45, 7) is 0. The normalized spacial score (nSPS) is 26.7. The molecule has 0 aromatic heterocycles. The molecule has 4 heteroatoms. The molecule has 2 rings (SSSR count). The summed E-state index contributed by atoms with van der Waals surface area (Å²) in [6.07, 6.45) is 1.77. The molecule has 14 heavy (non-hydrogen) atoms. The van der Waals surface area contributed by atoms with E-state index >= 15 is 0 Å². The second-order valence-electron chi connectivity index (χ2n) is 2.87. The van der Waals surface area contributed by atoms with Crippen molar-refractivity contribution in [1.82, 2.24) is 5.48 Å². The first-order valence-electron chi connectivity index (χ1n) is 4.62. The lowest BCUT2D eigenvalue weighted by molar-refractivity contribution is 0.119. The number of benzene rings is 1. The van der Waals surface area contributed by atoms with Crippen molar-refractivity contribution in [2.75, 3.05) is 5.33 Å². The summed E-state index contributed by atoms with van der Waals surface area (Å²) in [7, 11) is 0. The fourth-order valence-corrected chi connectivity index (χ4v) is 1.81. The van der Waals surface area contributed by atoms with Crippen molar-refractivity contribution < 1.29 is 6.21 Å². The van der Waals surface area contributed by atoms with E-state index in [0.717, 1.165) is 14.9 Å². The molecule has 1 atom stereocenters. The van der Waals surface area contributed by atoms with Gasteiger partial charge in [-0.2, -0.15) is 0 Å². The maximum absolute atomic E-state index is 8.19. The molecular weight excluding hydrogens is 357 g/mol. The fourth-order valence-electron chi connectivity index (χ4n) is 1.18. The van der Waals surface area contributed by atoms with E-state index in [1.165, 1.54) is 0 Å². The van der Waals surface area contributed by atoms with Crippen LogP contribution in [0.2, 0.25) is 0 Å². The Hall–Kier alpha value is -0.0700. The summed E-state index contributed by atoms with van der Waals surface area (Å²) >= 11 is 5.53. The Kier molecular flexibility index (Phi) is 3.04. The van der Waals surface area contributed by atoms with Crippen LogP contribution in [-0.4, -0.2) is 5.33 Å². The Morgan fingerprint density at radius 1 is 1.50 bits per heavy atom. The smallest absolute Gasteiger partial charge is 0.132 e. The van der Waals surface area contributed by atoms with Gasteiger partial charge in [-0.25, -0.2) is 0 Å². The number of nitrogens with one attached hydrogen (secondary N) is 1. The topological polar surface area (TPSA) is 21.3 Å². The van der Waals surface area contributed by atoms with E-state index in [4.69, 9.17) is 6.21 Å². The summed E-state index contributed by atoms with van der Waals surface area (Å²) in [5.41, 5.74) is 3.59. The fraction of sp³-hybridized carbons (Fsp3) is 0.200. The Bertz CT molecular complexity index is 395. The lowest BCUT2D eigenvalue weighted by atomic mass is 10.1. The van der Waals surface area contributed by atoms with Crippen LogP contribution in [0.5, 0.6) is 0 Å². The number of hydrogen-bond donors (Lipinski definition) is 1. The van der Waals surface area contributed by atoms with E-state index in [0.29, 0.717) is 5.33 Å². The van der Waals surface area contributed by atoms with Gasteiger partial charge in [-0.1, -0.05) is 28.1 Å². The molecule has 1 N–H and O–H groups in total. The zero-order valence-electron chi connectivity index (χ0n) is 8.26. The van der Waals surface area contributed by atoms with Gasteiger partial charge in [-0.05, 0) is 46.4 Å². The summed E-state index contributed by atoms with van der Waals surface area (Å²) < 4.78 is 9.35. The zero-order valence-corrected chi connectivity index (χ0v) is 11.0. The van der Waals surface area contributed by atoms with Crippen LogP contribution in [-0.2, 0) is 4.84 Å². The third-order valence-corrected chi connectivity index (χ3v) is 3.16. The highest BCUT2D eigenvalue weighted by molar-refractivity contribution is 14.1. The van der Waals surface area contributed by atoms with E-state index in [1.807, 2.05) is 24.3 Å². The SMILES string of the molecule is [2H]C1(c2ccc(I)cc2)C=C(CBr)ON1. The third-order valence-electron chi connectivity index (χ3n) is 1.88. The standard InChI is InChI=1S/C10H9BrINO/c11-6-9-5-10(13-14-9)7-1-3-8(12)4-2-7/h1-5,10,13H,6H2/i10D. The predicted octanol–water partition coefficient (Wildman–Crippen LogP) is 3.15. The molecule has 1 aromatic carbocycles. The van der Waals surface area contributed by atoms with Crippen LogP contribution in [0.3, 0.4) is 0 Å². The minimum absolute atomic E-state index is 0.616. The first-order chi connectivity index (χ1) is 7.14.